The van der Waals surface area contributed by atoms with Crippen molar-refractivity contribution in [3.05, 3.63) is 53.5 Å². The molecule has 22 heavy (non-hydrogen) atoms. The van der Waals surface area contributed by atoms with E-state index in [1.807, 2.05) is 0 Å². The largest absolute Gasteiger partial charge is 4.00 e. The first kappa shape index (κ1) is 26.5. The van der Waals surface area contributed by atoms with Gasteiger partial charge in [0.05, 0.1) is 0 Å². The second-order valence-electron chi connectivity index (χ2n) is 4.14. The molecule has 2 aliphatic carbocycles. The smallest absolute Gasteiger partial charge is 0.855 e. The van der Waals surface area contributed by atoms with Gasteiger partial charge in [0.25, 0.3) is 0 Å². The molecule has 0 bridgehead atoms. The number of allylic oxidation sites excluding steroid dienone is 8. The summed E-state index contributed by atoms with van der Waals surface area (Å²) in [6.07, 6.45) is 15.4. The average molecular weight is 384 g/mol. The molecular weight excluding hydrogens is 355 g/mol. The van der Waals surface area contributed by atoms with E-state index in [1.54, 1.807) is 20.8 Å². The molecule has 0 atom stereocenters. The van der Waals surface area contributed by atoms with Crippen LogP contribution >= 0.6 is 0 Å². The van der Waals surface area contributed by atoms with Crippen molar-refractivity contribution in [1.29, 1.82) is 0 Å². The predicted octanol–water partition coefficient (Wildman–Crippen LogP) is 1.45. The monoisotopic (exact) mass is 382 g/mol. The maximum absolute atomic E-state index is 8.93. The molecule has 0 N–H and O–H groups in total. The molecule has 3 nitrogen and oxygen atoms in total. The summed E-state index contributed by atoms with van der Waals surface area (Å²) >= 11 is 0. The maximum atomic E-state index is 8.93. The van der Waals surface area contributed by atoms with Crippen LogP contribution in [0.4, 0.5) is 0 Å². The van der Waals surface area contributed by atoms with Gasteiger partial charge in [0.15, 0.2) is 0 Å². The second-order valence-corrected chi connectivity index (χ2v) is 4.14. The summed E-state index contributed by atoms with van der Waals surface area (Å²) in [5.41, 5.74) is 2.95. The Hall–Kier alpha value is -0.407. The Morgan fingerprint density at radius 2 is 1.09 bits per heavy atom. The Balaban J connectivity index is -0.000000307. The van der Waals surface area contributed by atoms with Crippen molar-refractivity contribution in [2.75, 3.05) is 19.8 Å². The third-order valence-corrected chi connectivity index (χ3v) is 2.51. The second kappa shape index (κ2) is 20.6. The summed E-state index contributed by atoms with van der Waals surface area (Å²) in [7, 11) is 0. The molecule has 0 spiro atoms. The van der Waals surface area contributed by atoms with Crippen LogP contribution in [0.5, 0.6) is 0 Å². The Morgan fingerprint density at radius 3 is 1.27 bits per heavy atom. The molecule has 4 heteroatoms. The van der Waals surface area contributed by atoms with Gasteiger partial charge in [-0.25, -0.2) is 0 Å². The van der Waals surface area contributed by atoms with E-state index in [1.165, 1.54) is 17.1 Å². The first-order chi connectivity index (χ1) is 10.1. The molecular formula is C18H28O3Zr. The van der Waals surface area contributed by atoms with E-state index in [-0.39, 0.29) is 46.0 Å². The van der Waals surface area contributed by atoms with Crippen LogP contribution in [0.15, 0.2) is 47.6 Å². The van der Waals surface area contributed by atoms with Gasteiger partial charge in [-0.1, -0.05) is 39.8 Å². The Kier molecular flexibility index (Phi) is 24.8. The van der Waals surface area contributed by atoms with Crippen LogP contribution in [0, 0.1) is 5.92 Å². The van der Waals surface area contributed by atoms with Crippen LogP contribution in [0.3, 0.4) is 0 Å². The first-order valence-electron chi connectivity index (χ1n) is 7.42. The Morgan fingerprint density at radius 1 is 0.818 bits per heavy atom. The van der Waals surface area contributed by atoms with Crippen LogP contribution < -0.4 is 15.3 Å². The summed E-state index contributed by atoms with van der Waals surface area (Å²) in [6, 6.07) is 0. The third kappa shape index (κ3) is 14.5. The van der Waals surface area contributed by atoms with Crippen LogP contribution in [0.2, 0.25) is 0 Å². The van der Waals surface area contributed by atoms with Crippen molar-refractivity contribution in [3.8, 4) is 0 Å². The van der Waals surface area contributed by atoms with E-state index < -0.39 is 0 Å². The fourth-order valence-electron chi connectivity index (χ4n) is 1.66. The van der Waals surface area contributed by atoms with Crippen molar-refractivity contribution in [2.45, 2.75) is 40.5 Å². The number of hydrogen-bond acceptors (Lipinski definition) is 3. The summed E-state index contributed by atoms with van der Waals surface area (Å²) in [5.74, 6) is 1.46. The molecule has 0 radical (unpaired) electrons. The molecule has 2 rings (SSSR count). The minimum absolute atomic E-state index is 0. The van der Waals surface area contributed by atoms with Gasteiger partial charge in [0, 0.05) is 0 Å². The Labute approximate surface area is 155 Å². The average Bonchev–Trinajstić information content (AvgIpc) is 3.15. The van der Waals surface area contributed by atoms with Gasteiger partial charge in [-0.05, 0) is 12.8 Å². The normalized spacial score (nSPS) is 13.2. The SMILES string of the molecule is CC[O-].CC[O-].CC[O-].C[C-](C1=CC=CC1)C1=CC=CC1.[Zr+4]. The van der Waals surface area contributed by atoms with E-state index in [4.69, 9.17) is 15.3 Å². The van der Waals surface area contributed by atoms with E-state index in [0.717, 1.165) is 12.8 Å². The van der Waals surface area contributed by atoms with Crippen LogP contribution in [-0.2, 0) is 26.2 Å². The molecule has 122 valence electrons. The number of rotatable bonds is 2. The maximum Gasteiger partial charge on any atom is 4.00 e. The van der Waals surface area contributed by atoms with E-state index >= 15 is 0 Å². The molecule has 0 saturated heterocycles. The molecule has 0 aliphatic heterocycles. The molecule has 0 fully saturated rings. The molecule has 0 aromatic heterocycles. The van der Waals surface area contributed by atoms with E-state index in [0.29, 0.717) is 0 Å². The zero-order chi connectivity index (χ0) is 16.5. The molecule has 0 heterocycles. The van der Waals surface area contributed by atoms with Crippen LogP contribution in [0.25, 0.3) is 0 Å². The minimum Gasteiger partial charge on any atom is -0.855 e. The minimum atomic E-state index is 0. The van der Waals surface area contributed by atoms with Crippen molar-refractivity contribution < 1.29 is 41.5 Å². The molecule has 0 amide bonds. The third-order valence-electron chi connectivity index (χ3n) is 2.51. The molecule has 0 aromatic carbocycles. The predicted molar refractivity (Wildman–Crippen MR) is 84.2 cm³/mol. The fourth-order valence-corrected chi connectivity index (χ4v) is 1.66. The van der Waals surface area contributed by atoms with Crippen LogP contribution in [0.1, 0.15) is 40.5 Å². The van der Waals surface area contributed by atoms with Gasteiger partial charge in [0.1, 0.15) is 0 Å². The van der Waals surface area contributed by atoms with Crippen molar-refractivity contribution in [3.63, 3.8) is 0 Å². The van der Waals surface area contributed by atoms with Gasteiger partial charge in [-0.15, -0.1) is 43.1 Å². The summed E-state index contributed by atoms with van der Waals surface area (Å²) in [4.78, 5) is 0. The molecule has 2 aliphatic rings. The summed E-state index contributed by atoms with van der Waals surface area (Å²) in [6.45, 7) is 6.93. The summed E-state index contributed by atoms with van der Waals surface area (Å²) in [5, 5.41) is 26.8. The van der Waals surface area contributed by atoms with Gasteiger partial charge >= 0.3 is 26.2 Å². The topological polar surface area (TPSA) is 69.2 Å². The molecule has 0 aromatic rings. The zero-order valence-corrected chi connectivity index (χ0v) is 16.7. The summed E-state index contributed by atoms with van der Waals surface area (Å²) < 4.78 is 0. The molecule has 0 saturated carbocycles. The van der Waals surface area contributed by atoms with Crippen LogP contribution in [-0.4, -0.2) is 19.8 Å². The molecule has 0 unspecified atom stereocenters. The van der Waals surface area contributed by atoms with E-state index in [2.05, 4.69) is 43.4 Å². The zero-order valence-electron chi connectivity index (χ0n) is 14.2. The Bertz CT molecular complexity index is 309. The van der Waals surface area contributed by atoms with Crippen molar-refractivity contribution in [2.24, 2.45) is 0 Å². The van der Waals surface area contributed by atoms with Crippen molar-refractivity contribution >= 4 is 0 Å². The fraction of sp³-hybridized carbons (Fsp3) is 0.500. The van der Waals surface area contributed by atoms with Crippen molar-refractivity contribution in [1.82, 2.24) is 0 Å². The van der Waals surface area contributed by atoms with E-state index in [9.17, 15) is 0 Å². The van der Waals surface area contributed by atoms with Gasteiger partial charge in [-0.2, -0.15) is 18.1 Å². The van der Waals surface area contributed by atoms with Gasteiger partial charge < -0.3 is 15.3 Å². The first-order valence-corrected chi connectivity index (χ1v) is 7.42. The standard InChI is InChI=1S/C12H13.3C2H5O.Zr/c1-10(11-6-2-3-7-11)12-8-4-5-9-12;3*1-2-3;/h2-6,8H,7,9H2,1H3;3*2H2,1H3;/q4*-1;+4. The van der Waals surface area contributed by atoms with Gasteiger partial charge in [-0.3, -0.25) is 0 Å². The number of hydrogen-bond donors (Lipinski definition) is 0. The van der Waals surface area contributed by atoms with Gasteiger partial charge in [0.2, 0.25) is 0 Å². The quantitative estimate of drug-likeness (QED) is 0.678.